The molecule has 18 nitrogen and oxygen atoms in total. The van der Waals surface area contributed by atoms with Gasteiger partial charge in [0.25, 0.3) is 17.7 Å². The molecule has 61 heavy (non-hydrogen) atoms. The van der Waals surface area contributed by atoms with Gasteiger partial charge in [-0.25, -0.2) is 4.79 Å². The molecule has 0 saturated carbocycles. The van der Waals surface area contributed by atoms with Gasteiger partial charge in [-0.15, -0.1) is 0 Å². The minimum absolute atomic E-state index is 0.00445. The van der Waals surface area contributed by atoms with Crippen molar-refractivity contribution >= 4 is 76.3 Å². The molecular weight excluding hydrogens is 812 g/mol. The van der Waals surface area contributed by atoms with Gasteiger partial charge in [-0.05, 0) is 79.8 Å². The molecule has 6 N–H and O–H groups in total. The minimum atomic E-state index is -1.01. The second-order valence-corrected chi connectivity index (χ2v) is 15.1. The van der Waals surface area contributed by atoms with E-state index >= 15 is 0 Å². The fourth-order valence-electron chi connectivity index (χ4n) is 6.72. The van der Waals surface area contributed by atoms with Gasteiger partial charge in [-0.2, -0.15) is 0 Å². The van der Waals surface area contributed by atoms with Crippen molar-refractivity contribution in [2.75, 3.05) is 17.2 Å². The number of piperidine rings is 1. The van der Waals surface area contributed by atoms with Crippen molar-refractivity contribution in [2.45, 2.75) is 77.9 Å². The van der Waals surface area contributed by atoms with E-state index in [4.69, 9.17) is 16.3 Å². The number of halogens is 1. The zero-order valence-electron chi connectivity index (χ0n) is 33.4. The van der Waals surface area contributed by atoms with Crippen LogP contribution in [-0.2, 0) is 53.3 Å². The maximum Gasteiger partial charge on any atom is 0.319 e. The lowest BCUT2D eigenvalue weighted by atomic mass is 10.0. The van der Waals surface area contributed by atoms with Crippen LogP contribution in [0.2, 0.25) is 5.02 Å². The standard InChI is InChI=1S/C42H43ClN8O10/c1-22-4-7-29(18-30(22)43)48-42(60)44-19-26-16-27-20-51(31-10-11-33(52)49-40(31)58)41(59)37(27)32(17-26)61-21-25-5-8-28(9-6-25)47-39(57)24(3)46-38(56)23(2)45-34(53)14-15-50-35(54)12-13-36(50)55/h4-9,12-13,16-18,23-24,31H,10-11,14-15,19-21H2,1-3H3,(H,45,53)(H,46,56)(H,47,57)(H2,44,48,60)(H,49,52,58)/t23-,24-,31?/m0/s1. The van der Waals surface area contributed by atoms with E-state index in [1.54, 1.807) is 54.6 Å². The summed E-state index contributed by atoms with van der Waals surface area (Å²) in [7, 11) is 0. The number of aryl methyl sites for hydroxylation is 1. The molecule has 3 aromatic carbocycles. The Morgan fingerprint density at radius 1 is 0.852 bits per heavy atom. The lowest BCUT2D eigenvalue weighted by Crippen LogP contribution is -2.52. The molecule has 19 heteroatoms. The number of nitrogens with one attached hydrogen (secondary N) is 6. The number of urea groups is 1. The third-order valence-electron chi connectivity index (χ3n) is 10.1. The molecule has 0 spiro atoms. The van der Waals surface area contributed by atoms with Gasteiger partial charge in [0.1, 0.15) is 30.5 Å². The predicted molar refractivity (Wildman–Crippen MR) is 220 cm³/mol. The number of carbonyl (C=O) groups excluding carboxylic acids is 9. The van der Waals surface area contributed by atoms with Crippen LogP contribution >= 0.6 is 11.6 Å². The van der Waals surface area contributed by atoms with E-state index in [-0.39, 0.29) is 56.8 Å². The highest BCUT2D eigenvalue weighted by Gasteiger charge is 2.41. The topological polar surface area (TPSA) is 242 Å². The summed E-state index contributed by atoms with van der Waals surface area (Å²) in [5, 5.41) is 16.1. The Bertz CT molecular complexity index is 2330. The quantitative estimate of drug-likeness (QED) is 0.122. The molecule has 3 atom stereocenters. The Labute approximate surface area is 354 Å². The van der Waals surface area contributed by atoms with E-state index in [1.807, 2.05) is 6.92 Å². The lowest BCUT2D eigenvalue weighted by Gasteiger charge is -2.29. The summed E-state index contributed by atoms with van der Waals surface area (Å²) in [5.74, 6) is -3.93. The van der Waals surface area contributed by atoms with E-state index in [0.29, 0.717) is 33.1 Å². The number of carbonyl (C=O) groups is 9. The number of nitrogens with zero attached hydrogens (tertiary/aromatic N) is 2. The molecular formula is C42H43ClN8O10. The minimum Gasteiger partial charge on any atom is -0.488 e. The first-order valence-corrected chi connectivity index (χ1v) is 19.7. The molecule has 0 radical (unpaired) electrons. The first-order chi connectivity index (χ1) is 29.1. The van der Waals surface area contributed by atoms with Crippen molar-refractivity contribution in [3.63, 3.8) is 0 Å². The van der Waals surface area contributed by atoms with Crippen molar-refractivity contribution in [2.24, 2.45) is 0 Å². The van der Waals surface area contributed by atoms with Gasteiger partial charge in [-0.1, -0.05) is 35.9 Å². The highest BCUT2D eigenvalue weighted by atomic mass is 35.5. The molecule has 0 bridgehead atoms. The van der Waals surface area contributed by atoms with Gasteiger partial charge in [0, 0.05) is 61.0 Å². The third-order valence-corrected chi connectivity index (χ3v) is 10.5. The molecule has 3 heterocycles. The van der Waals surface area contributed by atoms with E-state index in [9.17, 15) is 43.2 Å². The van der Waals surface area contributed by atoms with Crippen LogP contribution in [0.5, 0.6) is 5.75 Å². The summed E-state index contributed by atoms with van der Waals surface area (Å²) >= 11 is 6.20. The molecule has 0 aromatic heterocycles. The molecule has 1 saturated heterocycles. The van der Waals surface area contributed by atoms with E-state index in [1.165, 1.54) is 18.7 Å². The number of fused-ring (bicyclic) bond motifs is 1. The molecule has 318 valence electrons. The highest BCUT2D eigenvalue weighted by molar-refractivity contribution is 6.31. The molecule has 3 aliphatic heterocycles. The SMILES string of the molecule is Cc1ccc(NC(=O)NCc2cc3c(c(OCc4ccc(NC(=O)[C@H](C)NC(=O)[C@H](C)NC(=O)CCN5C(=O)C=CC5=O)cc4)c2)C(=O)N(C2CCC(=O)NC2=O)C3)cc1Cl. The monoisotopic (exact) mass is 854 g/mol. The predicted octanol–water partition coefficient (Wildman–Crippen LogP) is 2.57. The van der Waals surface area contributed by atoms with E-state index in [2.05, 4.69) is 31.9 Å². The van der Waals surface area contributed by atoms with Crippen LogP contribution in [0, 0.1) is 6.92 Å². The molecule has 6 rings (SSSR count). The number of imide groups is 2. The Morgan fingerprint density at radius 3 is 2.23 bits per heavy atom. The van der Waals surface area contributed by atoms with Crippen LogP contribution in [-0.4, -0.2) is 87.8 Å². The molecule has 1 unspecified atom stereocenters. The van der Waals surface area contributed by atoms with Crippen molar-refractivity contribution < 1.29 is 47.9 Å². The first-order valence-electron chi connectivity index (χ1n) is 19.3. The van der Waals surface area contributed by atoms with Crippen molar-refractivity contribution in [1.29, 1.82) is 0 Å². The van der Waals surface area contributed by atoms with Gasteiger partial charge in [0.05, 0.1) is 5.56 Å². The van der Waals surface area contributed by atoms with Crippen molar-refractivity contribution in [3.8, 4) is 5.75 Å². The first kappa shape index (κ1) is 43.5. The summed E-state index contributed by atoms with van der Waals surface area (Å²) in [6.07, 6.45) is 2.29. The molecule has 3 aromatic rings. The average Bonchev–Trinajstić information content (AvgIpc) is 3.72. The fraction of sp³-hybridized carbons (Fsp3) is 0.310. The van der Waals surface area contributed by atoms with Crippen LogP contribution in [0.1, 0.15) is 65.7 Å². The number of rotatable bonds is 15. The zero-order chi connectivity index (χ0) is 44.0. The summed E-state index contributed by atoms with van der Waals surface area (Å²) in [6.45, 7) is 4.75. The van der Waals surface area contributed by atoms with Crippen LogP contribution in [0.15, 0.2) is 66.7 Å². The smallest absolute Gasteiger partial charge is 0.319 e. The number of anilines is 2. The number of benzene rings is 3. The summed E-state index contributed by atoms with van der Waals surface area (Å²) in [6, 6.07) is 11.8. The Morgan fingerprint density at radius 2 is 1.54 bits per heavy atom. The highest BCUT2D eigenvalue weighted by Crippen LogP contribution is 2.35. The molecule has 3 aliphatic rings. The third kappa shape index (κ3) is 10.8. The number of hydrogen-bond acceptors (Lipinski definition) is 10. The molecule has 10 amide bonds. The van der Waals surface area contributed by atoms with Crippen LogP contribution < -0.4 is 36.6 Å². The fourth-order valence-corrected chi connectivity index (χ4v) is 6.90. The van der Waals surface area contributed by atoms with E-state index < -0.39 is 71.4 Å². The summed E-state index contributed by atoms with van der Waals surface area (Å²) in [5.41, 5.74) is 3.89. The Balaban J connectivity index is 1.05. The zero-order valence-corrected chi connectivity index (χ0v) is 34.1. The number of amides is 10. The molecule has 0 aliphatic carbocycles. The van der Waals surface area contributed by atoms with Crippen molar-refractivity contribution in [3.05, 3.63) is 99.6 Å². The number of ether oxygens (including phenoxy) is 1. The largest absolute Gasteiger partial charge is 0.488 e. The molecule has 1 fully saturated rings. The second-order valence-electron chi connectivity index (χ2n) is 14.7. The lowest BCUT2D eigenvalue weighted by molar-refractivity contribution is -0.138. The van der Waals surface area contributed by atoms with Gasteiger partial charge in [0.2, 0.25) is 29.5 Å². The Kier molecular flexibility index (Phi) is 13.5. The second kappa shape index (κ2) is 18.9. The van der Waals surface area contributed by atoms with E-state index in [0.717, 1.165) is 22.6 Å². The van der Waals surface area contributed by atoms with Gasteiger partial charge < -0.3 is 36.2 Å². The maximum atomic E-state index is 13.8. The van der Waals surface area contributed by atoms with Gasteiger partial charge >= 0.3 is 6.03 Å². The van der Waals surface area contributed by atoms with Crippen molar-refractivity contribution in [1.82, 2.24) is 31.1 Å². The van der Waals surface area contributed by atoms with Crippen LogP contribution in [0.25, 0.3) is 0 Å². The maximum absolute atomic E-state index is 13.8. The Hall–Kier alpha value is -7.08. The summed E-state index contributed by atoms with van der Waals surface area (Å²) < 4.78 is 6.21. The van der Waals surface area contributed by atoms with Gasteiger partial charge in [0.15, 0.2) is 0 Å². The normalized spacial score (nSPS) is 16.7. The van der Waals surface area contributed by atoms with Crippen LogP contribution in [0.3, 0.4) is 0 Å². The van der Waals surface area contributed by atoms with Gasteiger partial charge in [-0.3, -0.25) is 48.6 Å². The number of hydrogen-bond donors (Lipinski definition) is 6. The average molecular weight is 855 g/mol. The summed E-state index contributed by atoms with van der Waals surface area (Å²) in [4.78, 5) is 115. The van der Waals surface area contributed by atoms with Crippen LogP contribution in [0.4, 0.5) is 16.2 Å².